The molecule has 1 aromatic carbocycles. The van der Waals surface area contributed by atoms with E-state index in [-0.39, 0.29) is 11.1 Å². The van der Waals surface area contributed by atoms with Gasteiger partial charge in [-0.2, -0.15) is 0 Å². The molecule has 17 heavy (non-hydrogen) atoms. The van der Waals surface area contributed by atoms with Crippen molar-refractivity contribution in [3.8, 4) is 0 Å². The van der Waals surface area contributed by atoms with Crippen molar-refractivity contribution in [3.63, 3.8) is 0 Å². The summed E-state index contributed by atoms with van der Waals surface area (Å²) in [5, 5.41) is 8.93. The Labute approximate surface area is 97.0 Å². The molecule has 0 saturated heterocycles. The number of fused-ring (bicyclic) bond motifs is 1. The van der Waals surface area contributed by atoms with Crippen molar-refractivity contribution in [2.75, 3.05) is 0 Å². The molecule has 1 aliphatic rings. The molecule has 0 radical (unpaired) electrons. The number of hydrogen-bond acceptors (Lipinski definition) is 3. The van der Waals surface area contributed by atoms with Gasteiger partial charge in [0.2, 0.25) is 0 Å². The molecule has 1 atom stereocenters. The van der Waals surface area contributed by atoms with Crippen LogP contribution in [0.1, 0.15) is 20.7 Å². The number of benzene rings is 1. The number of carboxylic acid groups (broad SMARTS) is 1. The topological polar surface area (TPSA) is 74.7 Å². The second-order valence-electron chi connectivity index (χ2n) is 3.54. The van der Waals surface area contributed by atoms with Gasteiger partial charge in [-0.15, -0.1) is 6.58 Å². The maximum atomic E-state index is 11.9. The zero-order chi connectivity index (χ0) is 12.6. The molecular weight excluding hydrogens is 222 g/mol. The van der Waals surface area contributed by atoms with E-state index in [0.717, 1.165) is 6.08 Å². The highest BCUT2D eigenvalue weighted by atomic mass is 16.4. The molecule has 5 nitrogen and oxygen atoms in total. The van der Waals surface area contributed by atoms with Gasteiger partial charge in [-0.1, -0.05) is 18.2 Å². The number of amides is 2. The summed E-state index contributed by atoms with van der Waals surface area (Å²) in [5.74, 6) is -2.48. The summed E-state index contributed by atoms with van der Waals surface area (Å²) < 4.78 is 0. The van der Waals surface area contributed by atoms with E-state index in [0.29, 0.717) is 4.90 Å². The lowest BCUT2D eigenvalue weighted by atomic mass is 10.1. The molecule has 0 fully saturated rings. The first kappa shape index (κ1) is 11.1. The van der Waals surface area contributed by atoms with Gasteiger partial charge in [0.15, 0.2) is 6.04 Å². The Hall–Kier alpha value is -2.43. The first-order valence-electron chi connectivity index (χ1n) is 4.90. The van der Waals surface area contributed by atoms with Gasteiger partial charge in [0.25, 0.3) is 11.8 Å². The molecule has 1 aliphatic heterocycles. The molecular formula is C12H9NO4. The molecule has 0 saturated carbocycles. The van der Waals surface area contributed by atoms with Crippen molar-refractivity contribution < 1.29 is 19.5 Å². The monoisotopic (exact) mass is 231 g/mol. The predicted octanol–water partition coefficient (Wildman–Crippen LogP) is 0.922. The standard InChI is InChI=1S/C12H9NO4/c1-2-9(12(16)17)13-10(14)7-5-3-4-6-8(7)11(13)15/h2-6,9H,1H2,(H,16,17). The van der Waals surface area contributed by atoms with Crippen LogP contribution >= 0.6 is 0 Å². The SMILES string of the molecule is C=CC(C(=O)O)N1C(=O)c2ccccc2C1=O. The highest BCUT2D eigenvalue weighted by Gasteiger charge is 2.41. The number of imide groups is 1. The number of carbonyl (C=O) groups excluding carboxylic acids is 2. The molecule has 0 bridgehead atoms. The molecule has 1 unspecified atom stereocenters. The summed E-state index contributed by atoms with van der Waals surface area (Å²) in [6, 6.07) is 4.91. The van der Waals surface area contributed by atoms with Crippen LogP contribution in [0, 0.1) is 0 Å². The van der Waals surface area contributed by atoms with Crippen LogP contribution in [0.5, 0.6) is 0 Å². The minimum atomic E-state index is -1.33. The van der Waals surface area contributed by atoms with Gasteiger partial charge in [0, 0.05) is 0 Å². The lowest BCUT2D eigenvalue weighted by molar-refractivity contribution is -0.139. The van der Waals surface area contributed by atoms with E-state index < -0.39 is 23.8 Å². The van der Waals surface area contributed by atoms with Gasteiger partial charge in [-0.3, -0.25) is 14.5 Å². The van der Waals surface area contributed by atoms with E-state index in [1.54, 1.807) is 12.1 Å². The number of aliphatic carboxylic acids is 1. The zero-order valence-electron chi connectivity index (χ0n) is 8.79. The third kappa shape index (κ3) is 1.52. The zero-order valence-corrected chi connectivity index (χ0v) is 8.79. The van der Waals surface area contributed by atoms with E-state index in [9.17, 15) is 14.4 Å². The van der Waals surface area contributed by atoms with Gasteiger partial charge in [0.1, 0.15) is 0 Å². The normalized spacial score (nSPS) is 15.6. The molecule has 1 aromatic rings. The van der Waals surface area contributed by atoms with Gasteiger partial charge in [-0.05, 0) is 12.1 Å². The Balaban J connectivity index is 2.49. The minimum absolute atomic E-state index is 0.227. The molecule has 5 heteroatoms. The van der Waals surface area contributed by atoms with Crippen LogP contribution in [0.15, 0.2) is 36.9 Å². The quantitative estimate of drug-likeness (QED) is 0.620. The molecule has 0 aliphatic carbocycles. The minimum Gasteiger partial charge on any atom is -0.479 e. The maximum absolute atomic E-state index is 11.9. The molecule has 1 heterocycles. The van der Waals surface area contributed by atoms with Crippen LogP contribution in [-0.4, -0.2) is 33.8 Å². The first-order chi connectivity index (χ1) is 8.07. The second-order valence-corrected chi connectivity index (χ2v) is 3.54. The molecule has 2 rings (SSSR count). The van der Waals surface area contributed by atoms with E-state index in [2.05, 4.69) is 6.58 Å². The lowest BCUT2D eigenvalue weighted by Crippen LogP contribution is -2.43. The van der Waals surface area contributed by atoms with Crippen LogP contribution < -0.4 is 0 Å². The highest BCUT2D eigenvalue weighted by Crippen LogP contribution is 2.24. The van der Waals surface area contributed by atoms with Crippen molar-refractivity contribution in [2.45, 2.75) is 6.04 Å². The molecule has 0 aromatic heterocycles. The number of nitrogens with zero attached hydrogens (tertiary/aromatic N) is 1. The highest BCUT2D eigenvalue weighted by molar-refractivity contribution is 6.22. The Morgan fingerprint density at radius 3 is 2.06 bits per heavy atom. The molecule has 0 spiro atoms. The Morgan fingerprint density at radius 1 is 1.24 bits per heavy atom. The number of carbonyl (C=O) groups is 3. The van der Waals surface area contributed by atoms with Crippen LogP contribution in [-0.2, 0) is 4.79 Å². The smallest absolute Gasteiger partial charge is 0.330 e. The number of carboxylic acids is 1. The van der Waals surface area contributed by atoms with Gasteiger partial charge in [0.05, 0.1) is 11.1 Å². The maximum Gasteiger partial charge on any atom is 0.330 e. The molecule has 86 valence electrons. The van der Waals surface area contributed by atoms with Crippen molar-refractivity contribution in [2.24, 2.45) is 0 Å². The number of hydrogen-bond donors (Lipinski definition) is 1. The summed E-state index contributed by atoms with van der Waals surface area (Å²) in [5.41, 5.74) is 0.455. The summed E-state index contributed by atoms with van der Waals surface area (Å²) >= 11 is 0. The summed E-state index contributed by atoms with van der Waals surface area (Å²) in [6.45, 7) is 3.33. The Kier molecular flexibility index (Phi) is 2.51. The van der Waals surface area contributed by atoms with E-state index in [1.807, 2.05) is 0 Å². The lowest BCUT2D eigenvalue weighted by Gasteiger charge is -2.18. The molecule has 2 amide bonds. The van der Waals surface area contributed by atoms with E-state index in [1.165, 1.54) is 12.1 Å². The summed E-state index contributed by atoms with van der Waals surface area (Å²) in [7, 11) is 0. The van der Waals surface area contributed by atoms with Crippen molar-refractivity contribution in [1.29, 1.82) is 0 Å². The van der Waals surface area contributed by atoms with E-state index >= 15 is 0 Å². The fraction of sp³-hybridized carbons (Fsp3) is 0.0833. The number of rotatable bonds is 3. The van der Waals surface area contributed by atoms with Crippen molar-refractivity contribution >= 4 is 17.8 Å². The largest absolute Gasteiger partial charge is 0.479 e. The third-order valence-electron chi connectivity index (χ3n) is 2.58. The average Bonchev–Trinajstić information content (AvgIpc) is 2.56. The fourth-order valence-electron chi connectivity index (χ4n) is 1.78. The Morgan fingerprint density at radius 2 is 1.71 bits per heavy atom. The van der Waals surface area contributed by atoms with E-state index in [4.69, 9.17) is 5.11 Å². The summed E-state index contributed by atoms with van der Waals surface area (Å²) in [6.07, 6.45) is 1.06. The van der Waals surface area contributed by atoms with Gasteiger partial charge in [-0.25, -0.2) is 4.79 Å². The average molecular weight is 231 g/mol. The molecule has 1 N–H and O–H groups in total. The predicted molar refractivity (Wildman–Crippen MR) is 58.6 cm³/mol. The van der Waals surface area contributed by atoms with Crippen molar-refractivity contribution in [3.05, 3.63) is 48.0 Å². The van der Waals surface area contributed by atoms with Crippen LogP contribution in [0.3, 0.4) is 0 Å². The van der Waals surface area contributed by atoms with Gasteiger partial charge < -0.3 is 5.11 Å². The van der Waals surface area contributed by atoms with Crippen LogP contribution in [0.2, 0.25) is 0 Å². The second kappa shape index (κ2) is 3.86. The Bertz CT molecular complexity index is 500. The van der Waals surface area contributed by atoms with Crippen LogP contribution in [0.25, 0.3) is 0 Å². The third-order valence-corrected chi connectivity index (χ3v) is 2.58. The fourth-order valence-corrected chi connectivity index (χ4v) is 1.78. The van der Waals surface area contributed by atoms with Crippen molar-refractivity contribution in [1.82, 2.24) is 4.90 Å². The first-order valence-corrected chi connectivity index (χ1v) is 4.90. The van der Waals surface area contributed by atoms with Gasteiger partial charge >= 0.3 is 5.97 Å². The summed E-state index contributed by atoms with van der Waals surface area (Å²) in [4.78, 5) is 35.5. The van der Waals surface area contributed by atoms with Crippen LogP contribution in [0.4, 0.5) is 0 Å².